The highest BCUT2D eigenvalue weighted by Gasteiger charge is 2.13. The molecule has 0 spiro atoms. The van der Waals surface area contributed by atoms with E-state index >= 15 is 0 Å². The van der Waals surface area contributed by atoms with Gasteiger partial charge in [-0.3, -0.25) is 9.69 Å². The quantitative estimate of drug-likeness (QED) is 0.729. The molecule has 1 N–H and O–H groups in total. The van der Waals surface area contributed by atoms with Crippen molar-refractivity contribution in [2.75, 3.05) is 19.7 Å². The predicted molar refractivity (Wildman–Crippen MR) is 105 cm³/mol. The SMILES string of the molecule is CCCCN(CC)Cc1c(C)[nH]c2ccc(OCC(C)C)cc2c1=O. The molecule has 0 aliphatic carbocycles. The second kappa shape index (κ2) is 9.04. The summed E-state index contributed by atoms with van der Waals surface area (Å²) in [7, 11) is 0. The molecule has 0 saturated heterocycles. The van der Waals surface area contributed by atoms with E-state index in [0.717, 1.165) is 42.0 Å². The molecule has 0 aliphatic heterocycles. The number of hydrogen-bond donors (Lipinski definition) is 1. The first-order valence-electron chi connectivity index (χ1n) is 9.46. The topological polar surface area (TPSA) is 45.3 Å². The van der Waals surface area contributed by atoms with Crippen LogP contribution in [0.2, 0.25) is 0 Å². The van der Waals surface area contributed by atoms with E-state index in [-0.39, 0.29) is 5.43 Å². The van der Waals surface area contributed by atoms with E-state index in [1.54, 1.807) is 0 Å². The normalized spacial score (nSPS) is 11.6. The van der Waals surface area contributed by atoms with Crippen molar-refractivity contribution in [2.24, 2.45) is 5.92 Å². The van der Waals surface area contributed by atoms with E-state index < -0.39 is 0 Å². The number of benzene rings is 1. The van der Waals surface area contributed by atoms with Crippen molar-refractivity contribution in [1.82, 2.24) is 9.88 Å². The second-order valence-corrected chi connectivity index (χ2v) is 7.19. The molecule has 0 fully saturated rings. The summed E-state index contributed by atoms with van der Waals surface area (Å²) in [5, 5.41) is 0.716. The maximum Gasteiger partial charge on any atom is 0.194 e. The Kier molecular flexibility index (Phi) is 7.06. The summed E-state index contributed by atoms with van der Waals surface area (Å²) in [4.78, 5) is 18.8. The van der Waals surface area contributed by atoms with Gasteiger partial charge in [0.15, 0.2) is 5.43 Å². The Morgan fingerprint density at radius 3 is 2.64 bits per heavy atom. The van der Waals surface area contributed by atoms with E-state index in [1.807, 2.05) is 25.1 Å². The number of hydrogen-bond acceptors (Lipinski definition) is 3. The summed E-state index contributed by atoms with van der Waals surface area (Å²) in [6.45, 7) is 13.9. The second-order valence-electron chi connectivity index (χ2n) is 7.19. The van der Waals surface area contributed by atoms with Crippen LogP contribution in [0.4, 0.5) is 0 Å². The van der Waals surface area contributed by atoms with Crippen molar-refractivity contribution in [2.45, 2.75) is 54.0 Å². The van der Waals surface area contributed by atoms with Gasteiger partial charge in [-0.2, -0.15) is 0 Å². The van der Waals surface area contributed by atoms with Crippen LogP contribution in [-0.2, 0) is 6.54 Å². The number of ether oxygens (including phenoxy) is 1. The maximum atomic E-state index is 13.1. The minimum Gasteiger partial charge on any atom is -0.493 e. The van der Waals surface area contributed by atoms with E-state index in [1.165, 1.54) is 6.42 Å². The average Bonchev–Trinajstić information content (AvgIpc) is 2.59. The van der Waals surface area contributed by atoms with E-state index in [2.05, 4.69) is 37.6 Å². The van der Waals surface area contributed by atoms with Crippen LogP contribution in [0.5, 0.6) is 5.75 Å². The first kappa shape index (κ1) is 19.5. The number of rotatable bonds is 9. The Labute approximate surface area is 151 Å². The average molecular weight is 344 g/mol. The predicted octanol–water partition coefficient (Wildman–Crippen LogP) is 4.49. The van der Waals surface area contributed by atoms with Gasteiger partial charge in [-0.15, -0.1) is 0 Å². The number of fused-ring (bicyclic) bond motifs is 1. The van der Waals surface area contributed by atoms with Crippen LogP contribution in [0.3, 0.4) is 0 Å². The molecule has 0 radical (unpaired) electrons. The monoisotopic (exact) mass is 344 g/mol. The van der Waals surface area contributed by atoms with Crippen molar-refractivity contribution in [3.8, 4) is 5.75 Å². The number of H-pyrrole nitrogens is 1. The molecule has 2 rings (SSSR count). The molecule has 4 nitrogen and oxygen atoms in total. The third-order valence-corrected chi connectivity index (χ3v) is 4.52. The summed E-state index contributed by atoms with van der Waals surface area (Å²) in [5.41, 5.74) is 2.82. The zero-order valence-electron chi connectivity index (χ0n) is 16.3. The van der Waals surface area contributed by atoms with Crippen molar-refractivity contribution < 1.29 is 4.74 Å². The fraction of sp³-hybridized carbons (Fsp3) is 0.571. The van der Waals surface area contributed by atoms with Crippen molar-refractivity contribution in [1.29, 1.82) is 0 Å². The molecular weight excluding hydrogens is 312 g/mol. The van der Waals surface area contributed by atoms with Gasteiger partial charge < -0.3 is 9.72 Å². The molecular formula is C21H32N2O2. The summed E-state index contributed by atoms with van der Waals surface area (Å²) in [6, 6.07) is 5.75. The molecule has 1 aromatic carbocycles. The Balaban J connectivity index is 2.35. The molecule has 0 amide bonds. The third-order valence-electron chi connectivity index (χ3n) is 4.52. The lowest BCUT2D eigenvalue weighted by molar-refractivity contribution is 0.271. The van der Waals surface area contributed by atoms with Crippen LogP contribution in [0.25, 0.3) is 10.9 Å². The highest BCUT2D eigenvalue weighted by Crippen LogP contribution is 2.20. The summed E-state index contributed by atoms with van der Waals surface area (Å²) in [5.74, 6) is 1.22. The fourth-order valence-corrected chi connectivity index (χ4v) is 2.93. The molecule has 0 saturated carbocycles. The number of aryl methyl sites for hydroxylation is 1. The number of aromatic amines is 1. The van der Waals surface area contributed by atoms with Gasteiger partial charge in [0, 0.05) is 28.7 Å². The summed E-state index contributed by atoms with van der Waals surface area (Å²) >= 11 is 0. The van der Waals surface area contributed by atoms with E-state index in [4.69, 9.17) is 4.74 Å². The lowest BCUT2D eigenvalue weighted by atomic mass is 10.1. The smallest absolute Gasteiger partial charge is 0.194 e. The summed E-state index contributed by atoms with van der Waals surface area (Å²) < 4.78 is 5.79. The number of aromatic nitrogens is 1. The number of nitrogens with one attached hydrogen (secondary N) is 1. The zero-order chi connectivity index (χ0) is 18.4. The van der Waals surface area contributed by atoms with Crippen LogP contribution in [0, 0.1) is 12.8 Å². The van der Waals surface area contributed by atoms with Gasteiger partial charge in [0.1, 0.15) is 5.75 Å². The molecule has 138 valence electrons. The number of unbranched alkanes of at least 4 members (excludes halogenated alkanes) is 1. The molecule has 1 heterocycles. The zero-order valence-corrected chi connectivity index (χ0v) is 16.3. The van der Waals surface area contributed by atoms with Crippen LogP contribution in [0.15, 0.2) is 23.0 Å². The maximum absolute atomic E-state index is 13.1. The minimum atomic E-state index is 0.121. The Morgan fingerprint density at radius 2 is 2.00 bits per heavy atom. The number of pyridine rings is 1. The molecule has 0 bridgehead atoms. The molecule has 0 atom stereocenters. The van der Waals surface area contributed by atoms with Crippen molar-refractivity contribution >= 4 is 10.9 Å². The lowest BCUT2D eigenvalue weighted by Gasteiger charge is -2.21. The van der Waals surface area contributed by atoms with Gasteiger partial charge >= 0.3 is 0 Å². The van der Waals surface area contributed by atoms with Gasteiger partial charge in [0.2, 0.25) is 0 Å². The highest BCUT2D eigenvalue weighted by atomic mass is 16.5. The van der Waals surface area contributed by atoms with E-state index in [0.29, 0.717) is 24.5 Å². The Morgan fingerprint density at radius 1 is 1.24 bits per heavy atom. The summed E-state index contributed by atoms with van der Waals surface area (Å²) in [6.07, 6.45) is 2.33. The standard InChI is InChI=1S/C21H32N2O2/c1-6-8-11-23(7-2)13-19-16(5)22-20-10-9-17(25-14-15(3)4)12-18(20)21(19)24/h9-10,12,15H,6-8,11,13-14H2,1-5H3,(H,22,24). The largest absolute Gasteiger partial charge is 0.493 e. The van der Waals surface area contributed by atoms with Gasteiger partial charge in [-0.1, -0.05) is 34.1 Å². The molecule has 25 heavy (non-hydrogen) atoms. The minimum absolute atomic E-state index is 0.121. The fourth-order valence-electron chi connectivity index (χ4n) is 2.93. The number of nitrogens with zero attached hydrogens (tertiary/aromatic N) is 1. The highest BCUT2D eigenvalue weighted by molar-refractivity contribution is 5.81. The molecule has 4 heteroatoms. The first-order valence-corrected chi connectivity index (χ1v) is 9.46. The van der Waals surface area contributed by atoms with Crippen LogP contribution in [0.1, 0.15) is 51.8 Å². The van der Waals surface area contributed by atoms with Crippen molar-refractivity contribution in [3.63, 3.8) is 0 Å². The van der Waals surface area contributed by atoms with E-state index in [9.17, 15) is 4.79 Å². The first-order chi connectivity index (χ1) is 12.0. The Hall–Kier alpha value is -1.81. The lowest BCUT2D eigenvalue weighted by Crippen LogP contribution is -2.28. The van der Waals surface area contributed by atoms with Crippen LogP contribution < -0.4 is 10.2 Å². The molecule has 2 aromatic rings. The van der Waals surface area contributed by atoms with Crippen LogP contribution in [-0.4, -0.2) is 29.6 Å². The van der Waals surface area contributed by atoms with Gasteiger partial charge in [-0.25, -0.2) is 0 Å². The molecule has 0 unspecified atom stereocenters. The van der Waals surface area contributed by atoms with Crippen molar-refractivity contribution in [3.05, 3.63) is 39.7 Å². The molecule has 0 aliphatic rings. The van der Waals surface area contributed by atoms with Gasteiger partial charge in [-0.05, 0) is 50.6 Å². The van der Waals surface area contributed by atoms with Gasteiger partial charge in [0.25, 0.3) is 0 Å². The third kappa shape index (κ3) is 5.08. The molecule has 1 aromatic heterocycles. The Bertz CT molecular complexity index is 749. The van der Waals surface area contributed by atoms with Crippen LogP contribution >= 0.6 is 0 Å². The van der Waals surface area contributed by atoms with Gasteiger partial charge in [0.05, 0.1) is 6.61 Å².